The largest absolute Gasteiger partial charge is 0.379 e. The minimum atomic E-state index is -0.0413. The number of nitrogen functional groups attached to an aromatic ring is 1. The lowest BCUT2D eigenvalue weighted by atomic mass is 9.99. The van der Waals surface area contributed by atoms with Gasteiger partial charge in [-0.3, -0.25) is 0 Å². The van der Waals surface area contributed by atoms with Crippen molar-refractivity contribution in [2.24, 2.45) is 0 Å². The Hall–Kier alpha value is -2.09. The molecule has 3 N–H and O–H groups in total. The summed E-state index contributed by atoms with van der Waals surface area (Å²) in [6.07, 6.45) is 0.912. The zero-order valence-electron chi connectivity index (χ0n) is 16.2. The summed E-state index contributed by atoms with van der Waals surface area (Å²) < 4.78 is 11.2. The maximum atomic E-state index is 6.71. The smallest absolute Gasteiger partial charge is 0.222 e. The summed E-state index contributed by atoms with van der Waals surface area (Å²) in [6.45, 7) is 7.52. The van der Waals surface area contributed by atoms with E-state index in [-0.39, 0.29) is 17.5 Å². The number of nitrogens with zero attached hydrogens (tertiary/aromatic N) is 3. The minimum absolute atomic E-state index is 0.0294. The molecule has 2 aliphatic rings. The number of nitrogens with one attached hydrogen (secondary N) is 1. The van der Waals surface area contributed by atoms with Crippen LogP contribution in [0.4, 0.5) is 17.5 Å². The van der Waals surface area contributed by atoms with Gasteiger partial charge in [-0.2, -0.15) is 4.98 Å². The highest BCUT2D eigenvalue weighted by molar-refractivity contribution is 6.31. The number of aromatic nitrogens is 2. The van der Waals surface area contributed by atoms with E-state index in [1.165, 1.54) is 0 Å². The fraction of sp³-hybridized carbons (Fsp3) is 0.500. The third kappa shape index (κ3) is 4.01. The van der Waals surface area contributed by atoms with Gasteiger partial charge in [0.05, 0.1) is 31.4 Å². The molecule has 0 aliphatic carbocycles. The number of benzene rings is 1. The van der Waals surface area contributed by atoms with Crippen LogP contribution in [0.2, 0.25) is 5.02 Å². The zero-order chi connectivity index (χ0) is 19.7. The maximum absolute atomic E-state index is 6.71. The van der Waals surface area contributed by atoms with Gasteiger partial charge in [0, 0.05) is 35.6 Å². The molecule has 0 bridgehead atoms. The van der Waals surface area contributed by atoms with Crippen molar-refractivity contribution in [3.05, 3.63) is 40.5 Å². The summed E-state index contributed by atoms with van der Waals surface area (Å²) in [5, 5.41) is 4.21. The van der Waals surface area contributed by atoms with Gasteiger partial charge in [-0.05, 0) is 38.0 Å². The van der Waals surface area contributed by atoms with Crippen molar-refractivity contribution < 1.29 is 9.47 Å². The van der Waals surface area contributed by atoms with Crippen LogP contribution in [0.3, 0.4) is 0 Å². The minimum Gasteiger partial charge on any atom is -0.379 e. The van der Waals surface area contributed by atoms with Crippen molar-refractivity contribution in [2.75, 3.05) is 48.9 Å². The summed E-state index contributed by atoms with van der Waals surface area (Å²) in [6, 6.07) is 8.02. The number of hydrogen-bond donors (Lipinski definition) is 2. The Balaban J connectivity index is 1.64. The van der Waals surface area contributed by atoms with E-state index >= 15 is 0 Å². The molecule has 7 nitrogen and oxygen atoms in total. The zero-order valence-corrected chi connectivity index (χ0v) is 17.0. The first-order chi connectivity index (χ1) is 13.4. The van der Waals surface area contributed by atoms with Gasteiger partial charge in [0.15, 0.2) is 0 Å². The molecule has 8 heteroatoms. The van der Waals surface area contributed by atoms with Gasteiger partial charge in [0.25, 0.3) is 0 Å². The van der Waals surface area contributed by atoms with E-state index in [0.717, 1.165) is 35.7 Å². The first-order valence-corrected chi connectivity index (χ1v) is 9.92. The molecule has 0 saturated carbocycles. The summed E-state index contributed by atoms with van der Waals surface area (Å²) in [5.41, 5.74) is 8.70. The van der Waals surface area contributed by atoms with Gasteiger partial charge < -0.3 is 25.4 Å². The first-order valence-electron chi connectivity index (χ1n) is 9.54. The monoisotopic (exact) mass is 403 g/mol. The average Bonchev–Trinajstić information content (AvgIpc) is 2.85. The molecule has 0 spiro atoms. The molecule has 1 aromatic heterocycles. The van der Waals surface area contributed by atoms with E-state index in [9.17, 15) is 0 Å². The van der Waals surface area contributed by atoms with E-state index in [1.807, 2.05) is 19.1 Å². The molecular formula is C20H26ClN5O2. The quantitative estimate of drug-likeness (QED) is 0.810. The van der Waals surface area contributed by atoms with Gasteiger partial charge in [-0.15, -0.1) is 0 Å². The molecule has 1 atom stereocenters. The highest BCUT2D eigenvalue weighted by atomic mass is 35.5. The maximum Gasteiger partial charge on any atom is 0.222 e. The predicted octanol–water partition coefficient (Wildman–Crippen LogP) is 3.19. The molecule has 2 aliphatic heterocycles. The molecule has 28 heavy (non-hydrogen) atoms. The van der Waals surface area contributed by atoms with Crippen molar-refractivity contribution in [2.45, 2.75) is 31.8 Å². The van der Waals surface area contributed by atoms with Crippen molar-refractivity contribution in [1.29, 1.82) is 0 Å². The lowest BCUT2D eigenvalue weighted by Gasteiger charge is -2.39. The van der Waals surface area contributed by atoms with Crippen molar-refractivity contribution >= 4 is 29.1 Å². The van der Waals surface area contributed by atoms with E-state index in [4.69, 9.17) is 26.8 Å². The molecule has 150 valence electrons. The summed E-state index contributed by atoms with van der Waals surface area (Å²) >= 11 is 6.71. The van der Waals surface area contributed by atoms with Crippen LogP contribution in [0.5, 0.6) is 0 Å². The molecule has 0 unspecified atom stereocenters. The number of ether oxygens (including phenoxy) is 2. The van der Waals surface area contributed by atoms with Crippen LogP contribution in [0.15, 0.2) is 24.3 Å². The molecule has 2 aromatic rings. The van der Waals surface area contributed by atoms with Crippen LogP contribution in [-0.4, -0.2) is 48.5 Å². The Morgan fingerprint density at radius 3 is 2.75 bits per heavy atom. The van der Waals surface area contributed by atoms with Gasteiger partial charge in [0.2, 0.25) is 5.95 Å². The lowest BCUT2D eigenvalue weighted by molar-refractivity contribution is -0.0318. The van der Waals surface area contributed by atoms with E-state index in [2.05, 4.69) is 39.2 Å². The number of anilines is 3. The normalized spacial score (nSPS) is 21.7. The Bertz CT molecular complexity index is 838. The fourth-order valence-electron chi connectivity index (χ4n) is 3.74. The molecule has 1 aromatic carbocycles. The third-order valence-electron chi connectivity index (χ3n) is 5.14. The predicted molar refractivity (Wildman–Crippen MR) is 111 cm³/mol. The number of aryl methyl sites for hydroxylation is 1. The number of hydrogen-bond acceptors (Lipinski definition) is 7. The summed E-state index contributed by atoms with van der Waals surface area (Å²) in [4.78, 5) is 10.9. The first kappa shape index (κ1) is 19.2. The second-order valence-electron chi connectivity index (χ2n) is 7.78. The van der Waals surface area contributed by atoms with E-state index in [0.29, 0.717) is 31.5 Å². The van der Waals surface area contributed by atoms with Crippen LogP contribution in [0.1, 0.15) is 30.6 Å². The van der Waals surface area contributed by atoms with E-state index in [1.54, 1.807) is 0 Å². The number of halogens is 1. The van der Waals surface area contributed by atoms with Crippen LogP contribution < -0.4 is 16.0 Å². The fourth-order valence-corrected chi connectivity index (χ4v) is 4.04. The van der Waals surface area contributed by atoms with Crippen LogP contribution in [-0.2, 0) is 9.47 Å². The summed E-state index contributed by atoms with van der Waals surface area (Å²) in [5.74, 6) is 1.08. The van der Waals surface area contributed by atoms with Gasteiger partial charge in [0.1, 0.15) is 5.82 Å². The van der Waals surface area contributed by atoms with Crippen molar-refractivity contribution in [3.63, 3.8) is 0 Å². The average molecular weight is 404 g/mol. The molecular weight excluding hydrogens is 378 g/mol. The molecule has 3 heterocycles. The van der Waals surface area contributed by atoms with Crippen molar-refractivity contribution in [3.8, 4) is 0 Å². The number of rotatable bonds is 4. The highest BCUT2D eigenvalue weighted by Crippen LogP contribution is 2.35. The van der Waals surface area contributed by atoms with Crippen LogP contribution >= 0.6 is 11.6 Å². The van der Waals surface area contributed by atoms with E-state index < -0.39 is 0 Å². The topological polar surface area (TPSA) is 85.5 Å². The Kier molecular flexibility index (Phi) is 5.31. The van der Waals surface area contributed by atoms with Crippen LogP contribution in [0, 0.1) is 6.92 Å². The Morgan fingerprint density at radius 1 is 1.25 bits per heavy atom. The second-order valence-corrected chi connectivity index (χ2v) is 8.19. The van der Waals surface area contributed by atoms with Gasteiger partial charge in [-0.25, -0.2) is 4.98 Å². The second kappa shape index (κ2) is 7.73. The lowest BCUT2D eigenvalue weighted by Crippen LogP contribution is -2.53. The van der Waals surface area contributed by atoms with Gasteiger partial charge in [-0.1, -0.05) is 17.7 Å². The molecule has 4 rings (SSSR count). The molecule has 2 saturated heterocycles. The molecule has 2 fully saturated rings. The highest BCUT2D eigenvalue weighted by Gasteiger charge is 2.33. The standard InChI is InChI=1S/C20H26ClN5O2/c1-13-8-18(24-19(22)23-13)26-6-3-7-27-10-17(26)15-5-4-14(9-16(15)21)25-20(2)11-28-12-20/h4-5,8-9,17,25H,3,6-7,10-12H2,1-2H3,(H2,22,23,24)/t17-/m1/s1. The van der Waals surface area contributed by atoms with Crippen molar-refractivity contribution in [1.82, 2.24) is 9.97 Å². The van der Waals surface area contributed by atoms with Crippen LogP contribution in [0.25, 0.3) is 0 Å². The Morgan fingerprint density at radius 2 is 2.07 bits per heavy atom. The molecule has 0 amide bonds. The third-order valence-corrected chi connectivity index (χ3v) is 5.47. The van der Waals surface area contributed by atoms with Gasteiger partial charge >= 0.3 is 0 Å². The SMILES string of the molecule is Cc1cc(N2CCCOC[C@@H]2c2ccc(NC3(C)COC3)cc2Cl)nc(N)n1. The Labute approximate surface area is 170 Å². The number of nitrogens with two attached hydrogens (primary N) is 1. The summed E-state index contributed by atoms with van der Waals surface area (Å²) in [7, 11) is 0. The molecule has 0 radical (unpaired) electrons.